The van der Waals surface area contributed by atoms with E-state index in [1.807, 2.05) is 13.8 Å². The number of nitrogens with zero attached hydrogens (tertiary/aromatic N) is 2. The van der Waals surface area contributed by atoms with Crippen molar-refractivity contribution in [3.63, 3.8) is 0 Å². The van der Waals surface area contributed by atoms with Gasteiger partial charge in [0.05, 0.1) is 11.0 Å². The minimum absolute atomic E-state index is 0.105. The minimum atomic E-state index is -3.10. The molecule has 106 valence electrons. The van der Waals surface area contributed by atoms with Gasteiger partial charge in [0.1, 0.15) is 5.76 Å². The van der Waals surface area contributed by atoms with Crippen molar-refractivity contribution >= 4 is 15.7 Å². The molecule has 2 rings (SSSR count). The maximum atomic E-state index is 12.0. The van der Waals surface area contributed by atoms with Gasteiger partial charge in [0.25, 0.3) is 5.91 Å². The van der Waals surface area contributed by atoms with E-state index < -0.39 is 15.1 Å². The largest absolute Gasteiger partial charge is 0.361 e. The Labute approximate surface area is 112 Å². The van der Waals surface area contributed by atoms with Gasteiger partial charge in [-0.25, -0.2) is 8.42 Å². The van der Waals surface area contributed by atoms with Crippen LogP contribution in [0.4, 0.5) is 0 Å². The number of hydrogen-bond donors (Lipinski definition) is 0. The van der Waals surface area contributed by atoms with Crippen molar-refractivity contribution in [3.8, 4) is 0 Å². The number of hydrogen-bond acceptors (Lipinski definition) is 5. The minimum Gasteiger partial charge on any atom is -0.361 e. The zero-order valence-corrected chi connectivity index (χ0v) is 12.1. The summed E-state index contributed by atoms with van der Waals surface area (Å²) in [6.45, 7) is 5.95. The number of carbonyl (C=O) groups is 1. The second-order valence-electron chi connectivity index (χ2n) is 5.38. The molecule has 0 bridgehead atoms. The highest BCUT2D eigenvalue weighted by molar-refractivity contribution is 7.92. The Morgan fingerprint density at radius 3 is 2.63 bits per heavy atom. The molecule has 0 aliphatic carbocycles. The summed E-state index contributed by atoms with van der Waals surface area (Å²) in [5.74, 6) is 0.566. The molecular formula is C12H18N2O4S. The monoisotopic (exact) mass is 286 g/mol. The molecule has 6 nitrogen and oxygen atoms in total. The molecule has 1 aliphatic rings. The molecule has 1 aliphatic heterocycles. The molecule has 2 heterocycles. The van der Waals surface area contributed by atoms with Crippen LogP contribution in [0.3, 0.4) is 0 Å². The summed E-state index contributed by atoms with van der Waals surface area (Å²) in [4.78, 5) is 13.4. The molecule has 1 amide bonds. The predicted molar refractivity (Wildman–Crippen MR) is 69.6 cm³/mol. The molecule has 19 heavy (non-hydrogen) atoms. The summed E-state index contributed by atoms with van der Waals surface area (Å²) >= 11 is 0. The summed E-state index contributed by atoms with van der Waals surface area (Å²) in [7, 11) is -3.10. The van der Waals surface area contributed by atoms with E-state index in [2.05, 4.69) is 5.16 Å². The van der Waals surface area contributed by atoms with E-state index in [0.29, 0.717) is 5.76 Å². The molecule has 1 aromatic heterocycles. The van der Waals surface area contributed by atoms with Crippen LogP contribution in [0.25, 0.3) is 0 Å². The number of likely N-dealkylation sites (tertiary alicyclic amines) is 1. The molecule has 0 radical (unpaired) electrons. The maximum Gasteiger partial charge on any atom is 0.276 e. The van der Waals surface area contributed by atoms with Crippen molar-refractivity contribution in [3.05, 3.63) is 17.5 Å². The molecular weight excluding hydrogens is 268 g/mol. The molecule has 1 saturated heterocycles. The van der Waals surface area contributed by atoms with Crippen LogP contribution in [-0.4, -0.2) is 48.5 Å². The van der Waals surface area contributed by atoms with Gasteiger partial charge in [-0.3, -0.25) is 4.79 Å². The molecule has 1 aromatic rings. The Kier molecular flexibility index (Phi) is 3.66. The Morgan fingerprint density at radius 1 is 1.53 bits per heavy atom. The average Bonchev–Trinajstić information content (AvgIpc) is 2.59. The van der Waals surface area contributed by atoms with Crippen molar-refractivity contribution in [1.29, 1.82) is 0 Å². The SMILES string of the molecule is Cc1cc(C(=O)N2CC(S(=O)(=O)CC(C)C)C2)no1. The van der Waals surface area contributed by atoms with E-state index in [4.69, 9.17) is 4.52 Å². The lowest BCUT2D eigenvalue weighted by atomic mass is 10.2. The van der Waals surface area contributed by atoms with Crippen molar-refractivity contribution in [2.75, 3.05) is 18.8 Å². The lowest BCUT2D eigenvalue weighted by Crippen LogP contribution is -2.57. The molecule has 0 N–H and O–H groups in total. The van der Waals surface area contributed by atoms with Crippen molar-refractivity contribution in [2.45, 2.75) is 26.0 Å². The highest BCUT2D eigenvalue weighted by atomic mass is 32.2. The van der Waals surface area contributed by atoms with Gasteiger partial charge in [-0.2, -0.15) is 0 Å². The van der Waals surface area contributed by atoms with Crippen LogP contribution in [0.15, 0.2) is 10.6 Å². The topological polar surface area (TPSA) is 80.5 Å². The Bertz CT molecular complexity index is 570. The van der Waals surface area contributed by atoms with Crippen LogP contribution in [-0.2, 0) is 9.84 Å². The lowest BCUT2D eigenvalue weighted by Gasteiger charge is -2.38. The van der Waals surface area contributed by atoms with E-state index >= 15 is 0 Å². The Balaban J connectivity index is 1.95. The third kappa shape index (κ3) is 2.97. The number of rotatable bonds is 4. The summed E-state index contributed by atoms with van der Waals surface area (Å²) in [6.07, 6.45) is 0. The van der Waals surface area contributed by atoms with Gasteiger partial charge in [0, 0.05) is 19.2 Å². The second-order valence-corrected chi connectivity index (χ2v) is 7.70. The number of aryl methyl sites for hydroxylation is 1. The first-order valence-electron chi connectivity index (χ1n) is 6.23. The Hall–Kier alpha value is -1.37. The fourth-order valence-corrected chi connectivity index (χ4v) is 4.08. The molecule has 7 heteroatoms. The van der Waals surface area contributed by atoms with Gasteiger partial charge in [-0.1, -0.05) is 19.0 Å². The normalized spacial score (nSPS) is 16.7. The molecule has 0 atom stereocenters. The molecule has 0 spiro atoms. The van der Waals surface area contributed by atoms with E-state index in [1.54, 1.807) is 13.0 Å². The summed E-state index contributed by atoms with van der Waals surface area (Å²) in [6, 6.07) is 1.55. The van der Waals surface area contributed by atoms with Gasteiger partial charge in [0.15, 0.2) is 15.5 Å². The first kappa shape index (κ1) is 14.0. The van der Waals surface area contributed by atoms with Crippen LogP contribution in [0.5, 0.6) is 0 Å². The maximum absolute atomic E-state index is 12.0. The second kappa shape index (κ2) is 4.96. The molecule has 1 fully saturated rings. The van der Waals surface area contributed by atoms with E-state index in [1.165, 1.54) is 4.90 Å². The number of sulfone groups is 1. The van der Waals surface area contributed by atoms with Gasteiger partial charge >= 0.3 is 0 Å². The standard InChI is InChI=1S/C12H18N2O4S/c1-8(2)7-19(16,17)10-5-14(6-10)12(15)11-4-9(3)18-13-11/h4,8,10H,5-7H2,1-3H3. The van der Waals surface area contributed by atoms with Crippen LogP contribution in [0, 0.1) is 12.8 Å². The summed E-state index contributed by atoms with van der Waals surface area (Å²) < 4.78 is 28.8. The fourth-order valence-electron chi connectivity index (χ4n) is 2.06. The van der Waals surface area contributed by atoms with E-state index in [9.17, 15) is 13.2 Å². The quantitative estimate of drug-likeness (QED) is 0.820. The summed E-state index contributed by atoms with van der Waals surface area (Å²) in [5, 5.41) is 3.20. The number of amides is 1. The fraction of sp³-hybridized carbons (Fsp3) is 0.667. The van der Waals surface area contributed by atoms with Crippen LogP contribution in [0.1, 0.15) is 30.1 Å². The third-order valence-electron chi connectivity index (χ3n) is 3.06. The van der Waals surface area contributed by atoms with Crippen LogP contribution in [0.2, 0.25) is 0 Å². The van der Waals surface area contributed by atoms with E-state index in [-0.39, 0.29) is 36.4 Å². The van der Waals surface area contributed by atoms with Gasteiger partial charge in [0.2, 0.25) is 0 Å². The van der Waals surface area contributed by atoms with Gasteiger partial charge in [-0.15, -0.1) is 0 Å². The summed E-state index contributed by atoms with van der Waals surface area (Å²) in [5.41, 5.74) is 0.234. The first-order chi connectivity index (χ1) is 8.79. The first-order valence-corrected chi connectivity index (χ1v) is 7.95. The number of carbonyl (C=O) groups excluding carboxylic acids is 1. The van der Waals surface area contributed by atoms with Crippen molar-refractivity contribution in [2.24, 2.45) is 5.92 Å². The highest BCUT2D eigenvalue weighted by Crippen LogP contribution is 2.21. The number of aromatic nitrogens is 1. The van der Waals surface area contributed by atoms with Crippen LogP contribution >= 0.6 is 0 Å². The highest BCUT2D eigenvalue weighted by Gasteiger charge is 2.40. The molecule has 0 unspecified atom stereocenters. The third-order valence-corrected chi connectivity index (χ3v) is 5.50. The smallest absolute Gasteiger partial charge is 0.276 e. The van der Waals surface area contributed by atoms with Gasteiger partial charge < -0.3 is 9.42 Å². The molecule has 0 saturated carbocycles. The van der Waals surface area contributed by atoms with Crippen molar-refractivity contribution < 1.29 is 17.7 Å². The predicted octanol–water partition coefficient (Wildman–Crippen LogP) is 0.878. The lowest BCUT2D eigenvalue weighted by molar-refractivity contribution is 0.0648. The zero-order chi connectivity index (χ0) is 14.2. The van der Waals surface area contributed by atoms with Crippen LogP contribution < -0.4 is 0 Å². The average molecular weight is 286 g/mol. The van der Waals surface area contributed by atoms with E-state index in [0.717, 1.165) is 0 Å². The molecule has 0 aromatic carbocycles. The van der Waals surface area contributed by atoms with Gasteiger partial charge in [-0.05, 0) is 12.8 Å². The van der Waals surface area contributed by atoms with Crippen molar-refractivity contribution in [1.82, 2.24) is 10.1 Å². The zero-order valence-electron chi connectivity index (χ0n) is 11.3. The Morgan fingerprint density at radius 2 is 2.16 bits per heavy atom.